The number of aromatic nitrogens is 3. The molecule has 1 aliphatic rings. The van der Waals surface area contributed by atoms with Gasteiger partial charge in [-0.1, -0.05) is 34.0 Å². The van der Waals surface area contributed by atoms with E-state index < -0.39 is 0 Å². The summed E-state index contributed by atoms with van der Waals surface area (Å²) in [4.78, 5) is 36.9. The quantitative estimate of drug-likeness (QED) is 0.451. The first kappa shape index (κ1) is 13.8. The van der Waals surface area contributed by atoms with Crippen LogP contribution in [-0.4, -0.2) is 27.2 Å². The number of carbonyl (C=O) groups is 2. The first-order valence-electron chi connectivity index (χ1n) is 6.65. The number of nitrogens with one attached hydrogen (secondary N) is 1. The third-order valence-corrected chi connectivity index (χ3v) is 3.80. The van der Waals surface area contributed by atoms with Crippen molar-refractivity contribution in [1.82, 2.24) is 9.78 Å². The summed E-state index contributed by atoms with van der Waals surface area (Å²) < 4.78 is 1.71. The summed E-state index contributed by atoms with van der Waals surface area (Å²) in [6, 6.07) is 6.58. The first-order valence-corrected chi connectivity index (χ1v) is 7.18. The summed E-state index contributed by atoms with van der Waals surface area (Å²) in [7, 11) is 0. The molecule has 0 unspecified atom stereocenters. The Bertz CT molecular complexity index is 791. The maximum Gasteiger partial charge on any atom is 0.258 e. The molecule has 0 spiro atoms. The van der Waals surface area contributed by atoms with Crippen molar-refractivity contribution in [2.24, 2.45) is 0 Å². The van der Waals surface area contributed by atoms with Crippen LogP contribution in [-0.2, 0) is 6.54 Å². The summed E-state index contributed by atoms with van der Waals surface area (Å²) >= 11 is 5.62. The average Bonchev–Trinajstić information content (AvgIpc) is 2.83. The topological polar surface area (TPSA) is 77.8 Å². The molecule has 0 saturated heterocycles. The van der Waals surface area contributed by atoms with Crippen LogP contribution in [0.15, 0.2) is 24.3 Å². The zero-order chi connectivity index (χ0) is 15.0. The Morgan fingerprint density at radius 1 is 1.10 bits per heavy atom. The zero-order valence-electron chi connectivity index (χ0n) is 11.1. The highest BCUT2D eigenvalue weighted by molar-refractivity contribution is 6.26. The molecule has 0 amide bonds. The van der Waals surface area contributed by atoms with Crippen LogP contribution in [0.4, 0.5) is 0 Å². The lowest BCUT2D eigenvalue weighted by atomic mass is 9.90. The maximum absolute atomic E-state index is 12.5. The van der Waals surface area contributed by atoms with Crippen LogP contribution in [0.3, 0.4) is 0 Å². The van der Waals surface area contributed by atoms with Crippen LogP contribution < -0.4 is 4.66 Å². The minimum Gasteiger partial charge on any atom is -0.287 e. The van der Waals surface area contributed by atoms with Gasteiger partial charge in [0.05, 0.1) is 11.5 Å². The molecule has 7 heteroatoms. The van der Waals surface area contributed by atoms with Crippen LogP contribution in [0, 0.1) is 4.91 Å². The maximum atomic E-state index is 12.5. The number of hydrogen-bond acceptors (Lipinski definition) is 3. The van der Waals surface area contributed by atoms with Gasteiger partial charge in [0.25, 0.3) is 4.66 Å². The van der Waals surface area contributed by atoms with E-state index in [0.29, 0.717) is 34.6 Å². The van der Waals surface area contributed by atoms with E-state index in [1.807, 2.05) is 0 Å². The van der Waals surface area contributed by atoms with E-state index >= 15 is 0 Å². The molecule has 1 aliphatic carbocycles. The molecule has 3 rings (SSSR count). The Balaban J connectivity index is 2.11. The molecule has 21 heavy (non-hydrogen) atoms. The number of fused-ring (bicyclic) bond motifs is 2. The molecule has 0 atom stereocenters. The Labute approximate surface area is 124 Å². The highest BCUT2D eigenvalue weighted by atomic mass is 35.5. The van der Waals surface area contributed by atoms with E-state index in [4.69, 9.17) is 11.6 Å². The molecule has 0 fully saturated rings. The third kappa shape index (κ3) is 2.12. The Hall–Kier alpha value is -2.21. The average molecular weight is 307 g/mol. The molecule has 6 nitrogen and oxygen atoms in total. The van der Waals surface area contributed by atoms with Gasteiger partial charge in [-0.2, -0.15) is 0 Å². The monoisotopic (exact) mass is 306 g/mol. The number of ketones is 2. The lowest BCUT2D eigenvalue weighted by Gasteiger charge is -2.11. The second-order valence-corrected chi connectivity index (χ2v) is 5.21. The van der Waals surface area contributed by atoms with Gasteiger partial charge in [-0.15, -0.1) is 11.6 Å². The predicted molar refractivity (Wildman–Crippen MR) is 75.4 cm³/mol. The lowest BCUT2D eigenvalue weighted by Crippen LogP contribution is -2.32. The van der Waals surface area contributed by atoms with Crippen LogP contribution >= 0.6 is 11.6 Å². The lowest BCUT2D eigenvalue weighted by molar-refractivity contribution is -0.652. The molecule has 0 bridgehead atoms. The fraction of sp³-hybridized carbons (Fsp3) is 0.286. The first-order chi connectivity index (χ1) is 10.1. The zero-order valence-corrected chi connectivity index (χ0v) is 11.9. The van der Waals surface area contributed by atoms with Crippen LogP contribution in [0.2, 0.25) is 0 Å². The number of halogens is 1. The Morgan fingerprint density at radius 3 is 2.43 bits per heavy atom. The predicted octanol–water partition coefficient (Wildman–Crippen LogP) is 1.53. The summed E-state index contributed by atoms with van der Waals surface area (Å²) in [5, 5.41) is 2.43. The number of H-pyrrole nitrogens is 1. The molecule has 1 heterocycles. The molecule has 0 saturated carbocycles. The number of aromatic amines is 1. The number of carbonyl (C=O) groups excluding carboxylic acids is 2. The van der Waals surface area contributed by atoms with E-state index in [1.54, 1.807) is 24.3 Å². The van der Waals surface area contributed by atoms with Crippen molar-refractivity contribution in [3.05, 3.63) is 51.7 Å². The molecule has 0 aliphatic heterocycles. The van der Waals surface area contributed by atoms with Crippen molar-refractivity contribution in [3.8, 4) is 0 Å². The smallest absolute Gasteiger partial charge is 0.258 e. The van der Waals surface area contributed by atoms with E-state index in [9.17, 15) is 14.5 Å². The summed E-state index contributed by atoms with van der Waals surface area (Å²) in [5.41, 5.74) is 0.841. The van der Waals surface area contributed by atoms with Gasteiger partial charge in [0, 0.05) is 17.0 Å². The van der Waals surface area contributed by atoms with Gasteiger partial charge in [0.2, 0.25) is 11.6 Å². The Morgan fingerprint density at radius 2 is 1.76 bits per heavy atom. The van der Waals surface area contributed by atoms with Crippen LogP contribution in [0.25, 0.3) is 0 Å². The highest BCUT2D eigenvalue weighted by Crippen LogP contribution is 2.25. The number of rotatable bonds is 4. The van der Waals surface area contributed by atoms with Crippen molar-refractivity contribution in [2.45, 2.75) is 19.4 Å². The SMILES string of the molecule is O=C1c2ccccc2C(=O)c2c1[nH][n+](=O)n2CCCCCl. The van der Waals surface area contributed by atoms with Crippen molar-refractivity contribution in [1.29, 1.82) is 0 Å². The van der Waals surface area contributed by atoms with E-state index in [1.165, 1.54) is 4.68 Å². The standard InChI is InChI=1S/C14H12ClN3O3/c15-7-3-4-8-17-12-11(16-18(17)21)13(19)9-5-1-2-6-10(9)14(12)20/h1-2,5-6H,3-4,7-8H2/p+1. The molecule has 108 valence electrons. The molecule has 1 N–H and O–H groups in total. The summed E-state index contributed by atoms with van der Waals surface area (Å²) in [6.07, 6.45) is 1.39. The minimum atomic E-state index is -0.333. The fourth-order valence-corrected chi connectivity index (χ4v) is 2.71. The van der Waals surface area contributed by atoms with Crippen LogP contribution in [0.1, 0.15) is 44.9 Å². The van der Waals surface area contributed by atoms with Crippen molar-refractivity contribution in [3.63, 3.8) is 0 Å². The minimum absolute atomic E-state index is 0.0552. The molecule has 1 aromatic carbocycles. The number of nitrogens with zero attached hydrogens (tertiary/aromatic N) is 2. The van der Waals surface area contributed by atoms with Gasteiger partial charge in [-0.25, -0.2) is 0 Å². The molecule has 1 aromatic heterocycles. The van der Waals surface area contributed by atoms with Crippen molar-refractivity contribution >= 4 is 23.2 Å². The van der Waals surface area contributed by atoms with Gasteiger partial charge >= 0.3 is 0 Å². The highest BCUT2D eigenvalue weighted by Gasteiger charge is 2.38. The number of alkyl halides is 1. The number of unbranched alkanes of at least 4 members (excludes halogenated alkanes) is 1. The Kier molecular flexibility index (Phi) is 3.47. The van der Waals surface area contributed by atoms with Gasteiger partial charge < -0.3 is 0 Å². The van der Waals surface area contributed by atoms with Gasteiger partial charge in [0.15, 0.2) is 11.4 Å². The van der Waals surface area contributed by atoms with Crippen LogP contribution in [0.5, 0.6) is 0 Å². The molecule has 0 radical (unpaired) electrons. The molecule has 2 aromatic rings. The molecular weight excluding hydrogens is 294 g/mol. The van der Waals surface area contributed by atoms with E-state index in [2.05, 4.69) is 5.10 Å². The number of benzene rings is 1. The second kappa shape index (κ2) is 5.29. The summed E-state index contributed by atoms with van der Waals surface area (Å²) in [5.74, 6) is -0.153. The number of hydrogen-bond donors (Lipinski definition) is 1. The van der Waals surface area contributed by atoms with Gasteiger partial charge in [-0.3, -0.25) is 9.59 Å². The van der Waals surface area contributed by atoms with Crippen molar-refractivity contribution in [2.75, 3.05) is 5.88 Å². The molecular formula is C14H13ClN3O3+. The summed E-state index contributed by atoms with van der Waals surface area (Å²) in [6.45, 7) is 0.337. The van der Waals surface area contributed by atoms with Crippen molar-refractivity contribution < 1.29 is 14.2 Å². The normalized spacial score (nSPS) is 13.2. The van der Waals surface area contributed by atoms with E-state index in [-0.39, 0.29) is 23.0 Å². The van der Waals surface area contributed by atoms with E-state index in [0.717, 1.165) is 6.42 Å². The third-order valence-electron chi connectivity index (χ3n) is 3.53. The van der Waals surface area contributed by atoms with Gasteiger partial charge in [0.1, 0.15) is 0 Å². The fourth-order valence-electron chi connectivity index (χ4n) is 2.52. The van der Waals surface area contributed by atoms with Gasteiger partial charge in [-0.05, 0) is 12.8 Å². The largest absolute Gasteiger partial charge is 0.287 e. The second-order valence-electron chi connectivity index (χ2n) is 4.83.